The highest BCUT2D eigenvalue weighted by atomic mass is 35.5. The van der Waals surface area contributed by atoms with E-state index in [4.69, 9.17) is 42.1 Å². The molecule has 9 nitrogen and oxygen atoms in total. The van der Waals surface area contributed by atoms with E-state index in [2.05, 4.69) is 14.8 Å². The van der Waals surface area contributed by atoms with Gasteiger partial charge >= 0.3 is 11.9 Å². The van der Waals surface area contributed by atoms with Crippen LogP contribution in [-0.4, -0.2) is 80.3 Å². The maximum atomic E-state index is 14.0. The van der Waals surface area contributed by atoms with Crippen molar-refractivity contribution < 1.29 is 28.5 Å². The summed E-state index contributed by atoms with van der Waals surface area (Å²) < 4.78 is 23.4. The standard InChI is InChI=1S/C39H43Cl2N3O6S/c1-39(27-8-6-5-7-9-27,38(46)50-35-23-44-16-14-25(35)15-17-44)24-43(2)22-28-11-13-36(51-28)37(45)49-33(19-29-30(40)20-42-21-31(29)41)26-10-12-32(47-3)34(18-26)48-4/h5-13,18,20-21,25,33,35H,14-17,19,22-24H2,1-4H3/t33-,35-,39?/m0/s1. The van der Waals surface area contributed by atoms with Crippen LogP contribution in [0.4, 0.5) is 0 Å². The number of nitrogens with zero attached hydrogens (tertiary/aromatic N) is 3. The molecule has 5 heterocycles. The van der Waals surface area contributed by atoms with Crippen LogP contribution in [0, 0.1) is 5.92 Å². The number of hydrogen-bond acceptors (Lipinski definition) is 10. The minimum Gasteiger partial charge on any atom is -0.493 e. The van der Waals surface area contributed by atoms with E-state index in [-0.39, 0.29) is 18.5 Å². The lowest BCUT2D eigenvalue weighted by atomic mass is 9.81. The van der Waals surface area contributed by atoms with Crippen LogP contribution >= 0.6 is 34.5 Å². The number of methoxy groups -OCH3 is 2. The molecule has 3 aliphatic rings. The lowest BCUT2D eigenvalue weighted by Crippen LogP contribution is -2.54. The number of carbonyl (C=O) groups excluding carboxylic acids is 2. The number of likely N-dealkylation sites (N-methyl/N-ethyl adjacent to an activating group) is 1. The van der Waals surface area contributed by atoms with E-state index in [0.717, 1.165) is 42.9 Å². The van der Waals surface area contributed by atoms with Gasteiger partial charge in [0.1, 0.15) is 22.5 Å². The normalized spacial score (nSPS) is 20.0. The zero-order chi connectivity index (χ0) is 36.1. The Morgan fingerprint density at radius 3 is 2.35 bits per heavy atom. The molecule has 1 unspecified atom stereocenters. The Hall–Kier alpha value is -3.67. The molecule has 3 saturated heterocycles. The Bertz CT molecular complexity index is 1810. The van der Waals surface area contributed by atoms with Gasteiger partial charge < -0.3 is 18.9 Å². The second-order valence-corrected chi connectivity index (χ2v) is 15.5. The summed E-state index contributed by atoms with van der Waals surface area (Å²) in [7, 11) is 5.09. The molecule has 0 spiro atoms. The fourth-order valence-corrected chi connectivity index (χ4v) is 8.60. The fraction of sp³-hybridized carbons (Fsp3) is 0.410. The molecule has 0 aliphatic carbocycles. The highest BCUT2D eigenvalue weighted by Gasteiger charge is 2.43. The molecule has 2 bridgehead atoms. The van der Waals surface area contributed by atoms with E-state index < -0.39 is 17.5 Å². The topological polar surface area (TPSA) is 90.4 Å². The van der Waals surface area contributed by atoms with Crippen molar-refractivity contribution in [1.82, 2.24) is 14.8 Å². The highest BCUT2D eigenvalue weighted by Crippen LogP contribution is 2.37. The van der Waals surface area contributed by atoms with Crippen molar-refractivity contribution in [3.63, 3.8) is 0 Å². The third-order valence-corrected chi connectivity index (χ3v) is 11.7. The number of halogens is 2. The van der Waals surface area contributed by atoms with Crippen LogP contribution < -0.4 is 9.47 Å². The maximum absolute atomic E-state index is 14.0. The van der Waals surface area contributed by atoms with Gasteiger partial charge in [-0.1, -0.05) is 59.6 Å². The van der Waals surface area contributed by atoms with Crippen molar-refractivity contribution in [2.75, 3.05) is 47.4 Å². The number of piperidine rings is 3. The molecule has 12 heteroatoms. The van der Waals surface area contributed by atoms with Crippen LogP contribution in [0.15, 0.2) is 73.1 Å². The molecule has 0 amide bonds. The first-order chi connectivity index (χ1) is 24.6. The van der Waals surface area contributed by atoms with Gasteiger partial charge in [-0.25, -0.2) is 4.79 Å². The van der Waals surface area contributed by atoms with Gasteiger partial charge in [0.05, 0.1) is 24.3 Å². The number of hydrogen-bond donors (Lipinski definition) is 0. The fourth-order valence-electron chi connectivity index (χ4n) is 7.11. The summed E-state index contributed by atoms with van der Waals surface area (Å²) >= 11 is 14.3. The molecule has 3 atom stereocenters. The van der Waals surface area contributed by atoms with Gasteiger partial charge in [-0.2, -0.15) is 0 Å². The summed E-state index contributed by atoms with van der Waals surface area (Å²) in [5, 5.41) is 0.751. The van der Waals surface area contributed by atoms with Gasteiger partial charge in [-0.05, 0) is 86.8 Å². The zero-order valence-electron chi connectivity index (χ0n) is 29.3. The van der Waals surface area contributed by atoms with E-state index in [1.807, 2.05) is 56.4 Å². The summed E-state index contributed by atoms with van der Waals surface area (Å²) in [5.41, 5.74) is 1.33. The molecule has 51 heavy (non-hydrogen) atoms. The Balaban J connectivity index is 1.17. The van der Waals surface area contributed by atoms with Crippen LogP contribution in [0.5, 0.6) is 11.5 Å². The van der Waals surface area contributed by atoms with E-state index >= 15 is 0 Å². The van der Waals surface area contributed by atoms with Crippen molar-refractivity contribution in [1.29, 1.82) is 0 Å². The number of thiophene rings is 1. The van der Waals surface area contributed by atoms with Crippen LogP contribution in [0.3, 0.4) is 0 Å². The van der Waals surface area contributed by atoms with Crippen LogP contribution in [0.1, 0.15) is 57.1 Å². The minimum atomic E-state index is -0.886. The molecule has 4 aromatic rings. The SMILES string of the molecule is COc1ccc([C@H](Cc2c(Cl)cncc2Cl)OC(=O)c2ccc(CN(C)CC(C)(C(=O)O[C@H]3CN4CCC3CC4)c3ccccc3)s2)cc1OC. The van der Waals surface area contributed by atoms with Crippen molar-refractivity contribution in [3.05, 3.63) is 110 Å². The molecular weight excluding hydrogens is 709 g/mol. The van der Waals surface area contributed by atoms with E-state index in [1.165, 1.54) is 23.7 Å². The van der Waals surface area contributed by atoms with Crippen LogP contribution in [0.25, 0.3) is 0 Å². The largest absolute Gasteiger partial charge is 0.493 e. The van der Waals surface area contributed by atoms with E-state index in [0.29, 0.717) is 56.6 Å². The van der Waals surface area contributed by atoms with Crippen molar-refractivity contribution in [2.45, 2.75) is 50.4 Å². The van der Waals surface area contributed by atoms with E-state index in [9.17, 15) is 9.59 Å². The molecule has 270 valence electrons. The molecule has 7 rings (SSSR count). The highest BCUT2D eigenvalue weighted by molar-refractivity contribution is 7.13. The van der Waals surface area contributed by atoms with Gasteiger partial charge in [0.15, 0.2) is 11.5 Å². The van der Waals surface area contributed by atoms with Gasteiger partial charge in [-0.15, -0.1) is 11.3 Å². The van der Waals surface area contributed by atoms with Crippen LogP contribution in [0.2, 0.25) is 10.0 Å². The zero-order valence-corrected chi connectivity index (χ0v) is 31.6. The second kappa shape index (κ2) is 16.3. The summed E-state index contributed by atoms with van der Waals surface area (Å²) in [5.74, 6) is 0.787. The Labute approximate surface area is 313 Å². The molecule has 2 aromatic carbocycles. The van der Waals surface area contributed by atoms with Crippen LogP contribution in [-0.2, 0) is 32.6 Å². The molecule has 0 N–H and O–H groups in total. The van der Waals surface area contributed by atoms with E-state index in [1.54, 1.807) is 32.4 Å². The minimum absolute atomic E-state index is 0.0763. The van der Waals surface area contributed by atoms with Crippen molar-refractivity contribution >= 4 is 46.5 Å². The van der Waals surface area contributed by atoms with Gasteiger partial charge in [0.25, 0.3) is 0 Å². The summed E-state index contributed by atoms with van der Waals surface area (Å²) in [6.07, 6.45) is 4.57. The first kappa shape index (κ1) is 37.1. The van der Waals surface area contributed by atoms with Crippen molar-refractivity contribution in [3.8, 4) is 11.5 Å². The molecule has 3 fully saturated rings. The number of rotatable bonds is 14. The first-order valence-electron chi connectivity index (χ1n) is 17.0. The molecular formula is C39H43Cl2N3O6S. The number of fused-ring (bicyclic) bond motifs is 3. The summed E-state index contributed by atoms with van der Waals surface area (Å²) in [6, 6.07) is 18.9. The van der Waals surface area contributed by atoms with Gasteiger partial charge in [-0.3, -0.25) is 19.6 Å². The monoisotopic (exact) mass is 751 g/mol. The lowest BCUT2D eigenvalue weighted by molar-refractivity contribution is -0.166. The Morgan fingerprint density at radius 2 is 1.71 bits per heavy atom. The number of esters is 2. The number of ether oxygens (including phenoxy) is 4. The summed E-state index contributed by atoms with van der Waals surface area (Å²) in [4.78, 5) is 37.6. The molecule has 3 aliphatic heterocycles. The van der Waals surface area contributed by atoms with Crippen molar-refractivity contribution in [2.24, 2.45) is 5.92 Å². The number of carbonyl (C=O) groups is 2. The van der Waals surface area contributed by atoms with Gasteiger partial charge in [0.2, 0.25) is 0 Å². The maximum Gasteiger partial charge on any atom is 0.348 e. The number of benzene rings is 2. The van der Waals surface area contributed by atoms with Gasteiger partial charge in [0, 0.05) is 43.3 Å². The third-order valence-electron chi connectivity index (χ3n) is 9.96. The number of aromatic nitrogens is 1. The first-order valence-corrected chi connectivity index (χ1v) is 18.6. The second-order valence-electron chi connectivity index (χ2n) is 13.5. The average molecular weight is 753 g/mol. The quantitative estimate of drug-likeness (QED) is 0.121. The number of pyridine rings is 1. The third kappa shape index (κ3) is 8.53. The molecule has 2 aromatic heterocycles. The predicted molar refractivity (Wildman–Crippen MR) is 199 cm³/mol. The lowest BCUT2D eigenvalue weighted by Gasteiger charge is -2.45. The Morgan fingerprint density at radius 1 is 1.00 bits per heavy atom. The average Bonchev–Trinajstić information content (AvgIpc) is 3.61. The Kier molecular flexibility index (Phi) is 11.9. The molecule has 0 saturated carbocycles. The molecule has 0 radical (unpaired) electrons. The predicted octanol–water partition coefficient (Wildman–Crippen LogP) is 7.64. The smallest absolute Gasteiger partial charge is 0.348 e. The summed E-state index contributed by atoms with van der Waals surface area (Å²) in [6.45, 7) is 5.89.